The van der Waals surface area contributed by atoms with Crippen molar-refractivity contribution in [2.45, 2.75) is 52.5 Å². The molecule has 0 aromatic heterocycles. The average molecular weight is 288 g/mol. The van der Waals surface area contributed by atoms with Gasteiger partial charge in [0.25, 0.3) is 0 Å². The number of aryl methyl sites for hydroxylation is 1. The van der Waals surface area contributed by atoms with Gasteiger partial charge in [-0.2, -0.15) is 0 Å². The first-order valence-corrected chi connectivity index (χ1v) is 8.81. The molecule has 2 heteroatoms. The van der Waals surface area contributed by atoms with E-state index in [9.17, 15) is 0 Å². The van der Waals surface area contributed by atoms with Crippen LogP contribution in [-0.2, 0) is 6.42 Å². The molecule has 1 aliphatic heterocycles. The largest absolute Gasteiger partial charge is 0.309 e. The number of nitrogens with zero attached hydrogens (tertiary/aromatic N) is 1. The Labute approximate surface area is 130 Å². The lowest BCUT2D eigenvalue weighted by atomic mass is 9.93. The van der Waals surface area contributed by atoms with E-state index in [0.717, 1.165) is 25.4 Å². The summed E-state index contributed by atoms with van der Waals surface area (Å²) in [5.74, 6) is 0.961. The van der Waals surface area contributed by atoms with Crippen LogP contribution in [0.3, 0.4) is 0 Å². The first-order valence-electron chi connectivity index (χ1n) is 8.81. The molecular formula is C19H32N2. The topological polar surface area (TPSA) is 15.3 Å². The molecule has 0 radical (unpaired) electrons. The molecule has 0 bridgehead atoms. The van der Waals surface area contributed by atoms with Crippen molar-refractivity contribution in [3.8, 4) is 0 Å². The Morgan fingerprint density at radius 2 is 1.76 bits per heavy atom. The van der Waals surface area contributed by atoms with Gasteiger partial charge >= 0.3 is 0 Å². The Hall–Kier alpha value is -0.860. The standard InChI is InChI=1S/C19H32N2/c1-4-16-7-9-18(10-8-16)19(20-6-3)15-21-13-11-17(5-2)12-14-21/h7-10,17,19-20H,4-6,11-15H2,1-3H3. The van der Waals surface area contributed by atoms with Crippen molar-refractivity contribution in [2.24, 2.45) is 5.92 Å². The van der Waals surface area contributed by atoms with Gasteiger partial charge in [-0.3, -0.25) is 0 Å². The highest BCUT2D eigenvalue weighted by molar-refractivity contribution is 5.25. The molecule has 21 heavy (non-hydrogen) atoms. The second-order valence-corrected chi connectivity index (χ2v) is 6.36. The minimum atomic E-state index is 0.471. The molecule has 0 spiro atoms. The number of hydrogen-bond acceptors (Lipinski definition) is 2. The van der Waals surface area contributed by atoms with Gasteiger partial charge in [0, 0.05) is 12.6 Å². The van der Waals surface area contributed by atoms with Gasteiger partial charge in [-0.15, -0.1) is 0 Å². The lowest BCUT2D eigenvalue weighted by molar-refractivity contribution is 0.166. The average Bonchev–Trinajstić information content (AvgIpc) is 2.55. The summed E-state index contributed by atoms with van der Waals surface area (Å²) in [4.78, 5) is 2.65. The molecule has 1 atom stereocenters. The molecule has 2 rings (SSSR count). The maximum absolute atomic E-state index is 3.67. The molecule has 2 nitrogen and oxygen atoms in total. The van der Waals surface area contributed by atoms with Crippen molar-refractivity contribution in [1.29, 1.82) is 0 Å². The summed E-state index contributed by atoms with van der Waals surface area (Å²) in [5, 5.41) is 3.67. The van der Waals surface area contributed by atoms with Crippen molar-refractivity contribution in [1.82, 2.24) is 10.2 Å². The molecule has 1 saturated heterocycles. The van der Waals surface area contributed by atoms with E-state index in [1.165, 1.54) is 43.5 Å². The molecule has 1 N–H and O–H groups in total. The van der Waals surface area contributed by atoms with E-state index in [-0.39, 0.29) is 0 Å². The Morgan fingerprint density at radius 1 is 1.10 bits per heavy atom. The van der Waals surface area contributed by atoms with E-state index in [1.54, 1.807) is 0 Å². The summed E-state index contributed by atoms with van der Waals surface area (Å²) >= 11 is 0. The second kappa shape index (κ2) is 8.55. The van der Waals surface area contributed by atoms with Crippen molar-refractivity contribution in [2.75, 3.05) is 26.2 Å². The minimum Gasteiger partial charge on any atom is -0.309 e. The van der Waals surface area contributed by atoms with Gasteiger partial charge < -0.3 is 10.2 Å². The number of likely N-dealkylation sites (tertiary alicyclic amines) is 1. The molecule has 0 amide bonds. The highest BCUT2D eigenvalue weighted by atomic mass is 15.2. The van der Waals surface area contributed by atoms with Gasteiger partial charge in [0.05, 0.1) is 0 Å². The molecule has 118 valence electrons. The predicted octanol–water partition coefficient (Wildman–Crippen LogP) is 4.02. The van der Waals surface area contributed by atoms with Crippen LogP contribution in [0.15, 0.2) is 24.3 Å². The lowest BCUT2D eigenvalue weighted by Crippen LogP contribution is -2.40. The Morgan fingerprint density at radius 3 is 2.29 bits per heavy atom. The zero-order chi connectivity index (χ0) is 15.1. The fourth-order valence-electron chi connectivity index (χ4n) is 3.36. The number of likely N-dealkylation sites (N-methyl/N-ethyl adjacent to an activating group) is 1. The first kappa shape index (κ1) is 16.5. The quantitative estimate of drug-likeness (QED) is 0.815. The molecule has 0 saturated carbocycles. The third kappa shape index (κ3) is 4.82. The summed E-state index contributed by atoms with van der Waals surface area (Å²) in [7, 11) is 0. The number of nitrogens with one attached hydrogen (secondary N) is 1. The van der Waals surface area contributed by atoms with Crippen molar-refractivity contribution in [3.63, 3.8) is 0 Å². The van der Waals surface area contributed by atoms with Crippen molar-refractivity contribution in [3.05, 3.63) is 35.4 Å². The van der Waals surface area contributed by atoms with E-state index in [2.05, 4.69) is 55.3 Å². The van der Waals surface area contributed by atoms with Gasteiger partial charge in [-0.05, 0) is 55.9 Å². The van der Waals surface area contributed by atoms with Crippen molar-refractivity contribution >= 4 is 0 Å². The van der Waals surface area contributed by atoms with Gasteiger partial charge in [0.15, 0.2) is 0 Å². The fourth-order valence-corrected chi connectivity index (χ4v) is 3.36. The van der Waals surface area contributed by atoms with Crippen LogP contribution in [0.4, 0.5) is 0 Å². The fraction of sp³-hybridized carbons (Fsp3) is 0.684. The number of hydrogen-bond donors (Lipinski definition) is 1. The number of piperidine rings is 1. The SMILES string of the molecule is CCNC(CN1CCC(CC)CC1)c1ccc(CC)cc1. The van der Waals surface area contributed by atoms with Crippen LogP contribution in [0.1, 0.15) is 57.2 Å². The highest BCUT2D eigenvalue weighted by Crippen LogP contribution is 2.23. The van der Waals surface area contributed by atoms with Crippen molar-refractivity contribution < 1.29 is 0 Å². The second-order valence-electron chi connectivity index (χ2n) is 6.36. The van der Waals surface area contributed by atoms with Crippen LogP contribution in [0.5, 0.6) is 0 Å². The predicted molar refractivity (Wildman–Crippen MR) is 91.7 cm³/mol. The number of rotatable bonds is 7. The monoisotopic (exact) mass is 288 g/mol. The molecular weight excluding hydrogens is 256 g/mol. The lowest BCUT2D eigenvalue weighted by Gasteiger charge is -2.34. The third-order valence-electron chi connectivity index (χ3n) is 4.97. The van der Waals surface area contributed by atoms with Gasteiger partial charge in [0.2, 0.25) is 0 Å². The van der Waals surface area contributed by atoms with E-state index >= 15 is 0 Å². The maximum atomic E-state index is 3.67. The van der Waals surface area contributed by atoms with Crippen LogP contribution < -0.4 is 5.32 Å². The molecule has 1 aromatic carbocycles. The third-order valence-corrected chi connectivity index (χ3v) is 4.97. The maximum Gasteiger partial charge on any atom is 0.0449 e. The van der Waals surface area contributed by atoms with Crippen LogP contribution in [0, 0.1) is 5.92 Å². The number of benzene rings is 1. The zero-order valence-corrected chi connectivity index (χ0v) is 14.1. The minimum absolute atomic E-state index is 0.471. The van der Waals surface area contributed by atoms with Gasteiger partial charge in [0.1, 0.15) is 0 Å². The normalized spacial score (nSPS) is 18.8. The molecule has 0 aliphatic carbocycles. The Bertz CT molecular complexity index is 391. The zero-order valence-electron chi connectivity index (χ0n) is 14.1. The van der Waals surface area contributed by atoms with Crippen LogP contribution in [0.2, 0.25) is 0 Å². The summed E-state index contributed by atoms with van der Waals surface area (Å²) in [5.41, 5.74) is 2.87. The van der Waals surface area contributed by atoms with Crippen LogP contribution in [-0.4, -0.2) is 31.1 Å². The van der Waals surface area contributed by atoms with E-state index in [0.29, 0.717) is 6.04 Å². The molecule has 1 fully saturated rings. The van der Waals surface area contributed by atoms with E-state index < -0.39 is 0 Å². The molecule has 1 aliphatic rings. The molecule has 1 unspecified atom stereocenters. The Kier molecular flexibility index (Phi) is 6.72. The van der Waals surface area contributed by atoms with Gasteiger partial charge in [-0.25, -0.2) is 0 Å². The highest BCUT2D eigenvalue weighted by Gasteiger charge is 2.21. The van der Waals surface area contributed by atoms with Crippen LogP contribution in [0.25, 0.3) is 0 Å². The van der Waals surface area contributed by atoms with Crippen LogP contribution >= 0.6 is 0 Å². The molecule has 1 aromatic rings. The smallest absolute Gasteiger partial charge is 0.0449 e. The van der Waals surface area contributed by atoms with Gasteiger partial charge in [-0.1, -0.05) is 51.5 Å². The molecule has 1 heterocycles. The van der Waals surface area contributed by atoms with E-state index in [4.69, 9.17) is 0 Å². The summed E-state index contributed by atoms with van der Waals surface area (Å²) < 4.78 is 0. The summed E-state index contributed by atoms with van der Waals surface area (Å²) in [6.45, 7) is 11.5. The van der Waals surface area contributed by atoms with E-state index in [1.807, 2.05) is 0 Å². The Balaban J connectivity index is 1.95. The summed E-state index contributed by atoms with van der Waals surface area (Å²) in [6, 6.07) is 9.65. The first-order chi connectivity index (χ1) is 10.3. The summed E-state index contributed by atoms with van der Waals surface area (Å²) in [6.07, 6.45) is 5.23.